The van der Waals surface area contributed by atoms with Gasteiger partial charge >= 0.3 is 0 Å². The van der Waals surface area contributed by atoms with Crippen LogP contribution in [0.25, 0.3) is 0 Å². The van der Waals surface area contributed by atoms with E-state index in [1.54, 1.807) is 0 Å². The minimum Gasteiger partial charge on any atom is -0.494 e. The van der Waals surface area contributed by atoms with E-state index in [0.29, 0.717) is 13.2 Å². The van der Waals surface area contributed by atoms with Crippen LogP contribution in [-0.2, 0) is 11.3 Å². The summed E-state index contributed by atoms with van der Waals surface area (Å²) in [5.41, 5.74) is 5.41. The van der Waals surface area contributed by atoms with Gasteiger partial charge in [-0.15, -0.1) is 0 Å². The van der Waals surface area contributed by atoms with Crippen LogP contribution in [0.4, 0.5) is 5.69 Å². The molecule has 0 atom stereocenters. The van der Waals surface area contributed by atoms with Crippen LogP contribution >= 0.6 is 0 Å². The standard InChI is InChI=1S/C24H33N3O2/c1-19-7-4-10-24(20(19)2)27-14-12-26(13-15-27)18-22-8-5-9-23(17-22)29-16-6-11-25-21(3)28/h4-5,7-10,17H,6,11-16,18H2,1-3H3,(H,25,28). The van der Waals surface area contributed by atoms with E-state index >= 15 is 0 Å². The van der Waals surface area contributed by atoms with E-state index in [9.17, 15) is 4.79 Å². The van der Waals surface area contributed by atoms with Crippen molar-refractivity contribution in [3.8, 4) is 5.75 Å². The molecule has 29 heavy (non-hydrogen) atoms. The first-order valence-electron chi connectivity index (χ1n) is 10.5. The van der Waals surface area contributed by atoms with E-state index in [4.69, 9.17) is 4.74 Å². The third-order valence-electron chi connectivity index (χ3n) is 5.56. The number of aryl methyl sites for hydroxylation is 1. The summed E-state index contributed by atoms with van der Waals surface area (Å²) in [6, 6.07) is 14.9. The highest BCUT2D eigenvalue weighted by atomic mass is 16.5. The van der Waals surface area contributed by atoms with E-state index in [2.05, 4.69) is 65.4 Å². The van der Waals surface area contributed by atoms with Crippen LogP contribution in [0, 0.1) is 13.8 Å². The molecular weight excluding hydrogens is 362 g/mol. The topological polar surface area (TPSA) is 44.8 Å². The quantitative estimate of drug-likeness (QED) is 0.695. The van der Waals surface area contributed by atoms with Gasteiger partial charge in [0, 0.05) is 51.9 Å². The molecule has 156 valence electrons. The molecule has 0 radical (unpaired) electrons. The summed E-state index contributed by atoms with van der Waals surface area (Å²) in [6.45, 7) is 12.4. The summed E-state index contributed by atoms with van der Waals surface area (Å²) in [6.07, 6.45) is 0.810. The lowest BCUT2D eigenvalue weighted by Crippen LogP contribution is -2.46. The maximum atomic E-state index is 10.9. The first-order valence-corrected chi connectivity index (χ1v) is 10.5. The number of anilines is 1. The van der Waals surface area contributed by atoms with Gasteiger partial charge in [-0.25, -0.2) is 0 Å². The Bertz CT molecular complexity index is 814. The third-order valence-corrected chi connectivity index (χ3v) is 5.56. The number of nitrogens with zero attached hydrogens (tertiary/aromatic N) is 2. The molecule has 0 spiro atoms. The van der Waals surface area contributed by atoms with E-state index < -0.39 is 0 Å². The van der Waals surface area contributed by atoms with E-state index in [-0.39, 0.29) is 5.91 Å². The Hall–Kier alpha value is -2.53. The van der Waals surface area contributed by atoms with Gasteiger partial charge in [-0.2, -0.15) is 0 Å². The SMILES string of the molecule is CC(=O)NCCCOc1cccc(CN2CCN(c3cccc(C)c3C)CC2)c1. The average molecular weight is 396 g/mol. The van der Waals surface area contributed by atoms with Crippen LogP contribution in [0.15, 0.2) is 42.5 Å². The highest BCUT2D eigenvalue weighted by molar-refractivity contribution is 5.72. The smallest absolute Gasteiger partial charge is 0.216 e. The minimum atomic E-state index is 0.00431. The number of nitrogens with one attached hydrogen (secondary N) is 1. The fourth-order valence-electron chi connectivity index (χ4n) is 3.74. The number of ether oxygens (including phenoxy) is 1. The molecule has 1 amide bonds. The van der Waals surface area contributed by atoms with E-state index in [1.165, 1.54) is 29.3 Å². The zero-order valence-corrected chi connectivity index (χ0v) is 17.9. The lowest BCUT2D eigenvalue weighted by atomic mass is 10.1. The fraction of sp³-hybridized carbons (Fsp3) is 0.458. The van der Waals surface area contributed by atoms with Gasteiger partial charge in [-0.1, -0.05) is 24.3 Å². The lowest BCUT2D eigenvalue weighted by molar-refractivity contribution is -0.118. The zero-order chi connectivity index (χ0) is 20.6. The zero-order valence-electron chi connectivity index (χ0n) is 17.9. The van der Waals surface area contributed by atoms with Crippen LogP contribution in [0.5, 0.6) is 5.75 Å². The van der Waals surface area contributed by atoms with Crippen LogP contribution in [0.2, 0.25) is 0 Å². The molecule has 0 unspecified atom stereocenters. The number of amides is 1. The molecule has 1 saturated heterocycles. The van der Waals surface area contributed by atoms with Crippen LogP contribution in [0.3, 0.4) is 0 Å². The molecule has 0 bridgehead atoms. The molecule has 0 aliphatic carbocycles. The van der Waals surface area contributed by atoms with Gasteiger partial charge in [0.15, 0.2) is 0 Å². The Morgan fingerprint density at radius 1 is 1.07 bits per heavy atom. The highest BCUT2D eigenvalue weighted by Crippen LogP contribution is 2.24. The average Bonchev–Trinajstić information content (AvgIpc) is 2.71. The van der Waals surface area contributed by atoms with Gasteiger partial charge in [-0.05, 0) is 55.2 Å². The maximum absolute atomic E-state index is 10.9. The molecule has 3 rings (SSSR count). The van der Waals surface area contributed by atoms with Gasteiger partial charge in [0.05, 0.1) is 6.61 Å². The predicted molar refractivity (Wildman–Crippen MR) is 119 cm³/mol. The Morgan fingerprint density at radius 2 is 1.83 bits per heavy atom. The second kappa shape index (κ2) is 10.3. The van der Waals surface area contributed by atoms with Crippen molar-refractivity contribution >= 4 is 11.6 Å². The molecule has 1 aliphatic heterocycles. The van der Waals surface area contributed by atoms with Gasteiger partial charge < -0.3 is 15.0 Å². The number of carbonyl (C=O) groups is 1. The molecule has 5 heteroatoms. The second-order valence-corrected chi connectivity index (χ2v) is 7.81. The number of hydrogen-bond donors (Lipinski definition) is 1. The molecular formula is C24H33N3O2. The summed E-state index contributed by atoms with van der Waals surface area (Å²) < 4.78 is 5.84. The normalized spacial score (nSPS) is 14.7. The van der Waals surface area contributed by atoms with Crippen molar-refractivity contribution in [2.45, 2.75) is 33.7 Å². The summed E-state index contributed by atoms with van der Waals surface area (Å²) in [7, 11) is 0. The number of carbonyl (C=O) groups excluding carboxylic acids is 1. The summed E-state index contributed by atoms with van der Waals surface area (Å²) in [4.78, 5) is 15.9. The first kappa shape index (κ1) is 21.2. The number of hydrogen-bond acceptors (Lipinski definition) is 4. The molecule has 2 aromatic rings. The van der Waals surface area contributed by atoms with Crippen molar-refractivity contribution in [3.63, 3.8) is 0 Å². The van der Waals surface area contributed by atoms with Gasteiger partial charge in [0.1, 0.15) is 5.75 Å². The Kier molecular flexibility index (Phi) is 7.53. The molecule has 0 saturated carbocycles. The van der Waals surface area contributed by atoms with E-state index in [1.807, 2.05) is 6.07 Å². The minimum absolute atomic E-state index is 0.00431. The fourth-order valence-corrected chi connectivity index (χ4v) is 3.74. The second-order valence-electron chi connectivity index (χ2n) is 7.81. The van der Waals surface area contributed by atoms with Crippen molar-refractivity contribution < 1.29 is 9.53 Å². The van der Waals surface area contributed by atoms with Crippen LogP contribution < -0.4 is 15.0 Å². The Labute approximate surface area is 174 Å². The Balaban J connectivity index is 1.46. The van der Waals surface area contributed by atoms with Gasteiger partial charge in [0.2, 0.25) is 5.91 Å². The van der Waals surface area contributed by atoms with Gasteiger partial charge in [-0.3, -0.25) is 9.69 Å². The summed E-state index contributed by atoms with van der Waals surface area (Å²) in [5, 5.41) is 2.79. The molecule has 0 aromatic heterocycles. The van der Waals surface area contributed by atoms with Crippen molar-refractivity contribution in [3.05, 3.63) is 59.2 Å². The van der Waals surface area contributed by atoms with E-state index in [0.717, 1.165) is 44.9 Å². The van der Waals surface area contributed by atoms with Crippen molar-refractivity contribution in [1.29, 1.82) is 0 Å². The van der Waals surface area contributed by atoms with Crippen LogP contribution in [-0.4, -0.2) is 50.1 Å². The molecule has 1 heterocycles. The lowest BCUT2D eigenvalue weighted by Gasteiger charge is -2.37. The number of rotatable bonds is 8. The number of benzene rings is 2. The van der Waals surface area contributed by atoms with Gasteiger partial charge in [0.25, 0.3) is 0 Å². The maximum Gasteiger partial charge on any atom is 0.216 e. The summed E-state index contributed by atoms with van der Waals surface area (Å²) in [5.74, 6) is 0.906. The third kappa shape index (κ3) is 6.23. The molecule has 5 nitrogen and oxygen atoms in total. The Morgan fingerprint density at radius 3 is 2.59 bits per heavy atom. The molecule has 1 aliphatic rings. The highest BCUT2D eigenvalue weighted by Gasteiger charge is 2.19. The first-order chi connectivity index (χ1) is 14.0. The van der Waals surface area contributed by atoms with Crippen molar-refractivity contribution in [2.75, 3.05) is 44.2 Å². The number of piperazine rings is 1. The monoisotopic (exact) mass is 395 g/mol. The molecule has 1 N–H and O–H groups in total. The van der Waals surface area contributed by atoms with Crippen molar-refractivity contribution in [1.82, 2.24) is 10.2 Å². The van der Waals surface area contributed by atoms with Crippen molar-refractivity contribution in [2.24, 2.45) is 0 Å². The summed E-state index contributed by atoms with van der Waals surface area (Å²) >= 11 is 0. The van der Waals surface area contributed by atoms with Crippen LogP contribution in [0.1, 0.15) is 30.0 Å². The molecule has 1 fully saturated rings. The predicted octanol–water partition coefficient (Wildman–Crippen LogP) is 3.53. The molecule has 2 aromatic carbocycles. The largest absolute Gasteiger partial charge is 0.494 e.